The van der Waals surface area contributed by atoms with E-state index in [1.54, 1.807) is 12.1 Å². The molecular formula is C23H24N2O2. The molecule has 0 saturated heterocycles. The molecule has 138 valence electrons. The van der Waals surface area contributed by atoms with Crippen molar-refractivity contribution in [2.24, 2.45) is 0 Å². The highest BCUT2D eigenvalue weighted by Gasteiger charge is 2.40. The van der Waals surface area contributed by atoms with Gasteiger partial charge in [-0.15, -0.1) is 0 Å². The fraction of sp³-hybridized carbons (Fsp3) is 0.174. The minimum atomic E-state index is -1.81. The number of hydrogen-bond donors (Lipinski definition) is 3. The van der Waals surface area contributed by atoms with Gasteiger partial charge in [0, 0.05) is 0 Å². The summed E-state index contributed by atoms with van der Waals surface area (Å²) in [5.41, 5.74) is 8.56. The van der Waals surface area contributed by atoms with Gasteiger partial charge in [0.2, 0.25) is 0 Å². The van der Waals surface area contributed by atoms with Crippen molar-refractivity contribution in [3.63, 3.8) is 0 Å². The van der Waals surface area contributed by atoms with Gasteiger partial charge in [0.15, 0.2) is 5.60 Å². The van der Waals surface area contributed by atoms with Crippen LogP contribution in [0.15, 0.2) is 72.8 Å². The first kappa shape index (κ1) is 18.7. The third kappa shape index (κ3) is 3.86. The number of carbonyl (C=O) groups is 1. The number of rotatable bonds is 5. The van der Waals surface area contributed by atoms with Crippen molar-refractivity contribution in [3.8, 4) is 0 Å². The van der Waals surface area contributed by atoms with E-state index in [1.165, 1.54) is 0 Å². The lowest BCUT2D eigenvalue weighted by atomic mass is 9.84. The summed E-state index contributed by atoms with van der Waals surface area (Å²) >= 11 is 0. The number of para-hydroxylation sites is 1. The third-order valence-corrected chi connectivity index (χ3v) is 4.66. The quantitative estimate of drug-likeness (QED) is 0.603. The van der Waals surface area contributed by atoms with E-state index in [1.807, 2.05) is 81.4 Å². The first-order valence-corrected chi connectivity index (χ1v) is 8.90. The molecule has 3 aromatic carbocycles. The largest absolute Gasteiger partial charge is 0.372 e. The third-order valence-electron chi connectivity index (χ3n) is 4.66. The van der Waals surface area contributed by atoms with E-state index in [9.17, 15) is 9.90 Å². The second-order valence-electron chi connectivity index (χ2n) is 6.84. The van der Waals surface area contributed by atoms with Crippen LogP contribution in [0.25, 0.3) is 0 Å². The van der Waals surface area contributed by atoms with Crippen molar-refractivity contribution >= 4 is 11.6 Å². The lowest BCUT2D eigenvalue weighted by Crippen LogP contribution is -2.47. The van der Waals surface area contributed by atoms with E-state index in [-0.39, 0.29) is 0 Å². The van der Waals surface area contributed by atoms with Crippen molar-refractivity contribution in [2.45, 2.75) is 26.4 Å². The van der Waals surface area contributed by atoms with Gasteiger partial charge in [0.1, 0.15) is 0 Å². The molecule has 4 nitrogen and oxygen atoms in total. The number of hydrazine groups is 1. The molecule has 0 spiro atoms. The van der Waals surface area contributed by atoms with Crippen molar-refractivity contribution in [1.82, 2.24) is 5.43 Å². The molecule has 0 aliphatic carbocycles. The number of nitrogens with one attached hydrogen (secondary N) is 2. The van der Waals surface area contributed by atoms with Crippen LogP contribution in [-0.4, -0.2) is 11.0 Å². The fourth-order valence-electron chi connectivity index (χ4n) is 3.10. The lowest BCUT2D eigenvalue weighted by Gasteiger charge is -2.29. The van der Waals surface area contributed by atoms with Crippen molar-refractivity contribution in [2.75, 3.05) is 5.43 Å². The predicted octanol–water partition coefficient (Wildman–Crippen LogP) is 3.99. The summed E-state index contributed by atoms with van der Waals surface area (Å²) < 4.78 is 0. The van der Waals surface area contributed by atoms with Crippen LogP contribution in [0, 0.1) is 20.8 Å². The predicted molar refractivity (Wildman–Crippen MR) is 108 cm³/mol. The first-order chi connectivity index (χ1) is 12.9. The Kier molecular flexibility index (Phi) is 5.28. The highest BCUT2D eigenvalue weighted by molar-refractivity contribution is 5.91. The Morgan fingerprint density at radius 1 is 0.815 bits per heavy atom. The Morgan fingerprint density at radius 2 is 1.37 bits per heavy atom. The average molecular weight is 360 g/mol. The summed E-state index contributed by atoms with van der Waals surface area (Å²) in [5, 5.41) is 11.6. The molecule has 0 atom stereocenters. The minimum Gasteiger partial charge on any atom is -0.372 e. The van der Waals surface area contributed by atoms with Gasteiger partial charge in [-0.2, -0.15) is 0 Å². The number of hydrogen-bond acceptors (Lipinski definition) is 3. The number of amides is 1. The molecule has 0 unspecified atom stereocenters. The minimum absolute atomic E-state index is 0.525. The number of carbonyl (C=O) groups excluding carboxylic acids is 1. The monoisotopic (exact) mass is 360 g/mol. The molecule has 0 bridgehead atoms. The highest BCUT2D eigenvalue weighted by Crippen LogP contribution is 2.31. The van der Waals surface area contributed by atoms with Crippen LogP contribution in [0.5, 0.6) is 0 Å². The molecule has 0 fully saturated rings. The maximum atomic E-state index is 13.1. The summed E-state index contributed by atoms with van der Waals surface area (Å²) in [5.74, 6) is -0.540. The molecule has 0 radical (unpaired) electrons. The van der Waals surface area contributed by atoms with E-state index in [4.69, 9.17) is 0 Å². The Balaban J connectivity index is 1.99. The molecule has 0 aliphatic rings. The topological polar surface area (TPSA) is 61.4 Å². The van der Waals surface area contributed by atoms with Gasteiger partial charge in [-0.25, -0.2) is 0 Å². The van der Waals surface area contributed by atoms with Crippen LogP contribution in [0.4, 0.5) is 5.69 Å². The van der Waals surface area contributed by atoms with E-state index in [0.29, 0.717) is 11.1 Å². The summed E-state index contributed by atoms with van der Waals surface area (Å²) in [6.45, 7) is 5.81. The fourth-order valence-corrected chi connectivity index (χ4v) is 3.10. The van der Waals surface area contributed by atoms with Crippen molar-refractivity contribution in [1.29, 1.82) is 0 Å². The normalized spacial score (nSPS) is 11.1. The van der Waals surface area contributed by atoms with Crippen molar-refractivity contribution in [3.05, 3.63) is 101 Å². The van der Waals surface area contributed by atoms with Crippen molar-refractivity contribution < 1.29 is 9.90 Å². The van der Waals surface area contributed by atoms with Crippen LogP contribution in [-0.2, 0) is 10.4 Å². The molecule has 3 rings (SSSR count). The zero-order valence-corrected chi connectivity index (χ0v) is 15.8. The summed E-state index contributed by atoms with van der Waals surface area (Å²) in [6, 6.07) is 22.4. The van der Waals surface area contributed by atoms with Gasteiger partial charge in [-0.1, -0.05) is 77.9 Å². The van der Waals surface area contributed by atoms with E-state index < -0.39 is 11.5 Å². The van der Waals surface area contributed by atoms with Gasteiger partial charge in [0.05, 0.1) is 5.69 Å². The van der Waals surface area contributed by atoms with Gasteiger partial charge < -0.3 is 5.11 Å². The van der Waals surface area contributed by atoms with E-state index in [2.05, 4.69) is 10.9 Å². The number of aliphatic hydroxyl groups is 1. The Labute approximate surface area is 159 Å². The summed E-state index contributed by atoms with van der Waals surface area (Å²) in [4.78, 5) is 13.1. The average Bonchev–Trinajstić information content (AvgIpc) is 2.66. The SMILES string of the molecule is Cc1cccc(C(O)(C(=O)NNc2ccccc2C)c2cccc(C)c2)c1. The van der Waals surface area contributed by atoms with E-state index >= 15 is 0 Å². The molecule has 3 N–H and O–H groups in total. The smallest absolute Gasteiger partial charge is 0.279 e. The zero-order valence-electron chi connectivity index (χ0n) is 15.8. The Hall–Kier alpha value is -3.11. The molecular weight excluding hydrogens is 336 g/mol. The number of anilines is 1. The second kappa shape index (κ2) is 7.64. The van der Waals surface area contributed by atoms with Crippen LogP contribution in [0.1, 0.15) is 27.8 Å². The maximum Gasteiger partial charge on any atom is 0.279 e. The van der Waals surface area contributed by atoms with Gasteiger partial charge in [-0.3, -0.25) is 15.6 Å². The molecule has 0 saturated carbocycles. The molecule has 3 aromatic rings. The molecule has 1 amide bonds. The van der Waals surface area contributed by atoms with Gasteiger partial charge in [0.25, 0.3) is 5.91 Å². The van der Waals surface area contributed by atoms with Gasteiger partial charge >= 0.3 is 0 Å². The molecule has 0 aromatic heterocycles. The maximum absolute atomic E-state index is 13.1. The molecule has 0 heterocycles. The van der Waals surface area contributed by atoms with Crippen LogP contribution >= 0.6 is 0 Å². The van der Waals surface area contributed by atoms with Crippen LogP contribution in [0.3, 0.4) is 0 Å². The molecule has 0 aliphatic heterocycles. The zero-order chi connectivity index (χ0) is 19.4. The molecule has 27 heavy (non-hydrogen) atoms. The summed E-state index contributed by atoms with van der Waals surface area (Å²) in [6.07, 6.45) is 0. The number of aryl methyl sites for hydroxylation is 3. The molecule has 4 heteroatoms. The van der Waals surface area contributed by atoms with Crippen LogP contribution in [0.2, 0.25) is 0 Å². The standard InChI is InChI=1S/C23H24N2O2/c1-16-8-6-11-19(14-16)23(27,20-12-7-9-17(2)15-20)22(26)25-24-21-13-5-4-10-18(21)3/h4-15,24,27H,1-3H3,(H,25,26). The van der Waals surface area contributed by atoms with E-state index in [0.717, 1.165) is 22.4 Å². The van der Waals surface area contributed by atoms with Crippen LogP contribution < -0.4 is 10.9 Å². The first-order valence-electron chi connectivity index (χ1n) is 8.90. The lowest BCUT2D eigenvalue weighted by molar-refractivity contribution is -0.136. The Morgan fingerprint density at radius 3 is 1.89 bits per heavy atom. The second-order valence-corrected chi connectivity index (χ2v) is 6.84. The van der Waals surface area contributed by atoms with Gasteiger partial charge in [-0.05, 0) is 43.5 Å². The number of benzene rings is 3. The highest BCUT2D eigenvalue weighted by atomic mass is 16.3. The Bertz CT molecular complexity index is 920. The summed E-state index contributed by atoms with van der Waals surface area (Å²) in [7, 11) is 0.